The van der Waals surface area contributed by atoms with Gasteiger partial charge in [-0.05, 0) is 22.6 Å². The van der Waals surface area contributed by atoms with E-state index >= 15 is 0 Å². The van der Waals surface area contributed by atoms with Crippen LogP contribution in [0.4, 0.5) is 4.79 Å². The van der Waals surface area contributed by atoms with Gasteiger partial charge in [-0.2, -0.15) is 0 Å². The van der Waals surface area contributed by atoms with Crippen molar-refractivity contribution >= 4 is 23.8 Å². The highest BCUT2D eigenvalue weighted by molar-refractivity contribution is 6.03. The average molecular weight is 531 g/mol. The molecule has 0 saturated heterocycles. The lowest BCUT2D eigenvalue weighted by atomic mass is 10.0. The molecule has 0 aliphatic rings. The molecule has 5 amide bonds. The topological polar surface area (TPSA) is 133 Å². The summed E-state index contributed by atoms with van der Waals surface area (Å²) in [7, 11) is 0. The Morgan fingerprint density at radius 3 is 1.92 bits per heavy atom. The van der Waals surface area contributed by atoms with Crippen molar-refractivity contribution < 1.29 is 24.3 Å². The van der Waals surface area contributed by atoms with Crippen molar-refractivity contribution in [2.45, 2.75) is 38.5 Å². The number of nitrogens with zero attached hydrogens (tertiary/aromatic N) is 2. The highest BCUT2D eigenvalue weighted by Gasteiger charge is 2.31. The minimum Gasteiger partial charge on any atom is -0.381 e. The van der Waals surface area contributed by atoms with Gasteiger partial charge in [-0.25, -0.2) is 4.79 Å². The molecule has 3 rings (SSSR count). The van der Waals surface area contributed by atoms with Gasteiger partial charge < -0.3 is 21.1 Å². The maximum Gasteiger partial charge on any atom is 0.327 e. The molecule has 2 atom stereocenters. The molecule has 0 unspecified atom stereocenters. The third-order valence-electron chi connectivity index (χ3n) is 6.17. The van der Waals surface area contributed by atoms with Crippen molar-refractivity contribution in [2.75, 3.05) is 13.1 Å². The average Bonchev–Trinajstić information content (AvgIpc) is 2.94. The van der Waals surface area contributed by atoms with Crippen molar-refractivity contribution in [2.24, 2.45) is 5.73 Å². The monoisotopic (exact) mass is 530 g/mol. The zero-order chi connectivity index (χ0) is 28.2. The molecular formula is C30H34N4O5. The van der Waals surface area contributed by atoms with Gasteiger partial charge in [-0.1, -0.05) is 97.9 Å². The zero-order valence-corrected chi connectivity index (χ0v) is 21.9. The summed E-state index contributed by atoms with van der Waals surface area (Å²) in [5, 5.41) is 13.4. The molecule has 3 aromatic rings. The van der Waals surface area contributed by atoms with E-state index in [2.05, 4.69) is 5.32 Å². The number of carbonyl (C=O) groups is 4. The number of carbonyl (C=O) groups excluding carboxylic acids is 4. The molecule has 0 aliphatic heterocycles. The molecule has 0 heterocycles. The van der Waals surface area contributed by atoms with Crippen molar-refractivity contribution in [1.29, 1.82) is 0 Å². The van der Waals surface area contributed by atoms with Gasteiger partial charge in [0.15, 0.2) is 0 Å². The van der Waals surface area contributed by atoms with Crippen LogP contribution in [0.5, 0.6) is 0 Å². The quantitative estimate of drug-likeness (QED) is 0.310. The van der Waals surface area contributed by atoms with Crippen LogP contribution in [0.1, 0.15) is 36.0 Å². The summed E-state index contributed by atoms with van der Waals surface area (Å²) >= 11 is 0. The first-order valence-electron chi connectivity index (χ1n) is 12.7. The van der Waals surface area contributed by atoms with Gasteiger partial charge in [0.1, 0.15) is 12.5 Å². The van der Waals surface area contributed by atoms with Crippen LogP contribution in [-0.2, 0) is 27.5 Å². The SMILES string of the molecule is C[C@H](CN(C(=O)CC(N)=O)C(=O)N(Cc1ccccc1)C[C@H](O)C(=O)NCc1ccccc1)c1ccccc1. The smallest absolute Gasteiger partial charge is 0.327 e. The Morgan fingerprint density at radius 1 is 0.821 bits per heavy atom. The molecule has 0 bridgehead atoms. The fourth-order valence-electron chi connectivity index (χ4n) is 4.07. The Bertz CT molecular complexity index is 1240. The standard InChI is InChI=1S/C30H34N4O5/c1-22(25-15-9-4-10-16-25)19-34(28(37)17-27(31)36)30(39)33(20-24-13-7-3-8-14-24)21-26(35)29(38)32-18-23-11-5-2-6-12-23/h2-16,22,26,35H,17-21H2,1H3,(H2,31,36)(H,32,38)/t22-,26+/m1/s1. The van der Waals surface area contributed by atoms with Gasteiger partial charge >= 0.3 is 6.03 Å². The minimum atomic E-state index is -1.55. The number of hydrogen-bond donors (Lipinski definition) is 3. The number of rotatable bonds is 12. The summed E-state index contributed by atoms with van der Waals surface area (Å²) < 4.78 is 0. The van der Waals surface area contributed by atoms with E-state index in [1.54, 1.807) is 24.3 Å². The molecule has 39 heavy (non-hydrogen) atoms. The summed E-state index contributed by atoms with van der Waals surface area (Å²) in [6.07, 6.45) is -2.20. The predicted molar refractivity (Wildman–Crippen MR) is 147 cm³/mol. The van der Waals surface area contributed by atoms with Gasteiger partial charge in [0, 0.05) is 19.6 Å². The molecule has 4 N–H and O–H groups in total. The van der Waals surface area contributed by atoms with Crippen LogP contribution in [0.3, 0.4) is 0 Å². The van der Waals surface area contributed by atoms with Crippen molar-refractivity contribution in [3.05, 3.63) is 108 Å². The van der Waals surface area contributed by atoms with E-state index in [4.69, 9.17) is 5.73 Å². The van der Waals surface area contributed by atoms with E-state index in [-0.39, 0.29) is 32.1 Å². The second-order valence-corrected chi connectivity index (χ2v) is 9.33. The second-order valence-electron chi connectivity index (χ2n) is 9.33. The first kappa shape index (κ1) is 29.1. The molecule has 0 aliphatic carbocycles. The summed E-state index contributed by atoms with van der Waals surface area (Å²) in [6, 6.07) is 26.8. The van der Waals surface area contributed by atoms with Crippen molar-refractivity contribution in [3.8, 4) is 0 Å². The van der Waals surface area contributed by atoms with Crippen LogP contribution in [0.15, 0.2) is 91.0 Å². The van der Waals surface area contributed by atoms with Crippen LogP contribution in [-0.4, -0.2) is 57.9 Å². The molecule has 9 heteroatoms. The molecule has 3 aromatic carbocycles. The van der Waals surface area contributed by atoms with E-state index in [1.807, 2.05) is 73.7 Å². The third kappa shape index (κ3) is 9.08. The number of amides is 5. The first-order chi connectivity index (χ1) is 18.7. The maximum atomic E-state index is 13.8. The van der Waals surface area contributed by atoms with Crippen LogP contribution >= 0.6 is 0 Å². The molecule has 9 nitrogen and oxygen atoms in total. The van der Waals surface area contributed by atoms with E-state index in [0.717, 1.165) is 21.6 Å². The summed E-state index contributed by atoms with van der Waals surface area (Å²) in [5.74, 6) is -2.52. The number of primary amides is 1. The maximum absolute atomic E-state index is 13.8. The van der Waals surface area contributed by atoms with Gasteiger partial charge in [-0.3, -0.25) is 19.3 Å². The minimum absolute atomic E-state index is 0.0173. The van der Waals surface area contributed by atoms with Gasteiger partial charge in [-0.15, -0.1) is 0 Å². The molecule has 204 valence electrons. The molecule has 0 radical (unpaired) electrons. The lowest BCUT2D eigenvalue weighted by Gasteiger charge is -2.32. The van der Waals surface area contributed by atoms with Crippen molar-refractivity contribution in [3.63, 3.8) is 0 Å². The largest absolute Gasteiger partial charge is 0.381 e. The Balaban J connectivity index is 1.82. The lowest BCUT2D eigenvalue weighted by Crippen LogP contribution is -2.52. The fourth-order valence-corrected chi connectivity index (χ4v) is 4.07. The normalized spacial score (nSPS) is 12.2. The molecular weight excluding hydrogens is 496 g/mol. The number of aliphatic hydroxyl groups is 1. The number of hydrogen-bond acceptors (Lipinski definition) is 5. The van der Waals surface area contributed by atoms with E-state index < -0.39 is 36.3 Å². The summed E-state index contributed by atoms with van der Waals surface area (Å²) in [4.78, 5) is 53.3. The van der Waals surface area contributed by atoms with Crippen LogP contribution in [0.2, 0.25) is 0 Å². The highest BCUT2D eigenvalue weighted by Crippen LogP contribution is 2.19. The molecule has 0 spiro atoms. The van der Waals surface area contributed by atoms with Crippen LogP contribution in [0, 0.1) is 0 Å². The van der Waals surface area contributed by atoms with E-state index in [9.17, 15) is 24.3 Å². The Morgan fingerprint density at radius 2 is 1.36 bits per heavy atom. The van der Waals surface area contributed by atoms with E-state index in [0.29, 0.717) is 0 Å². The lowest BCUT2D eigenvalue weighted by molar-refractivity contribution is -0.133. The third-order valence-corrected chi connectivity index (χ3v) is 6.17. The van der Waals surface area contributed by atoms with Crippen LogP contribution < -0.4 is 11.1 Å². The Kier molecular flexibility index (Phi) is 10.8. The van der Waals surface area contributed by atoms with Gasteiger partial charge in [0.05, 0.1) is 6.54 Å². The number of benzene rings is 3. The second kappa shape index (κ2) is 14.4. The van der Waals surface area contributed by atoms with Crippen LogP contribution in [0.25, 0.3) is 0 Å². The van der Waals surface area contributed by atoms with Crippen molar-refractivity contribution in [1.82, 2.24) is 15.1 Å². The van der Waals surface area contributed by atoms with Gasteiger partial charge in [0.2, 0.25) is 11.8 Å². The zero-order valence-electron chi connectivity index (χ0n) is 21.9. The number of imide groups is 1. The summed E-state index contributed by atoms with van der Waals surface area (Å²) in [6.45, 7) is 1.72. The number of nitrogens with two attached hydrogens (primary N) is 1. The predicted octanol–water partition coefficient (Wildman–Crippen LogP) is 2.79. The first-order valence-corrected chi connectivity index (χ1v) is 12.7. The molecule has 0 aromatic heterocycles. The number of urea groups is 1. The number of aliphatic hydroxyl groups excluding tert-OH is 1. The Hall–Kier alpha value is -4.50. The highest BCUT2D eigenvalue weighted by atomic mass is 16.3. The summed E-state index contributed by atoms with van der Waals surface area (Å²) in [5.41, 5.74) is 7.76. The fraction of sp³-hybridized carbons (Fsp3) is 0.267. The molecule has 0 saturated carbocycles. The van der Waals surface area contributed by atoms with E-state index in [1.165, 1.54) is 4.90 Å². The number of nitrogens with one attached hydrogen (secondary N) is 1. The molecule has 0 fully saturated rings. The van der Waals surface area contributed by atoms with Gasteiger partial charge in [0.25, 0.3) is 5.91 Å². The Labute approximate surface area is 228 Å².